The smallest absolute Gasteiger partial charge is 0.265 e. The van der Waals surface area contributed by atoms with Gasteiger partial charge in [-0.3, -0.25) is 9.59 Å². The molecule has 0 radical (unpaired) electrons. The van der Waals surface area contributed by atoms with Crippen LogP contribution in [-0.4, -0.2) is 22.3 Å². The van der Waals surface area contributed by atoms with Crippen LogP contribution in [0.5, 0.6) is 11.5 Å². The first-order chi connectivity index (χ1) is 11.5. The average molecular weight is 327 g/mol. The highest BCUT2D eigenvalue weighted by Gasteiger charge is 2.23. The molecule has 0 aliphatic carbocycles. The Labute approximate surface area is 135 Å². The molecule has 3 heterocycles. The van der Waals surface area contributed by atoms with Crippen molar-refractivity contribution in [2.75, 3.05) is 12.1 Å². The number of ether oxygens (including phenoxy) is 2. The Balaban J connectivity index is 1.75. The second-order valence-electron chi connectivity index (χ2n) is 5.40. The van der Waals surface area contributed by atoms with Gasteiger partial charge in [-0.25, -0.2) is 4.98 Å². The van der Waals surface area contributed by atoms with Crippen molar-refractivity contribution in [3.63, 3.8) is 0 Å². The van der Waals surface area contributed by atoms with Gasteiger partial charge in [-0.2, -0.15) is 0 Å². The van der Waals surface area contributed by atoms with Crippen LogP contribution < -0.4 is 20.3 Å². The van der Waals surface area contributed by atoms with Crippen molar-refractivity contribution in [3.05, 3.63) is 46.2 Å². The van der Waals surface area contributed by atoms with Gasteiger partial charge in [-0.1, -0.05) is 0 Å². The summed E-state index contributed by atoms with van der Waals surface area (Å²) < 4.78 is 17.3. The van der Waals surface area contributed by atoms with Crippen molar-refractivity contribution < 1.29 is 18.7 Å². The van der Waals surface area contributed by atoms with E-state index in [9.17, 15) is 9.59 Å². The largest absolute Gasteiger partial charge is 0.454 e. The molecule has 8 nitrogen and oxygen atoms in total. The Morgan fingerprint density at radius 2 is 2.08 bits per heavy atom. The lowest BCUT2D eigenvalue weighted by Crippen LogP contribution is -2.20. The molecule has 3 aromatic rings. The molecule has 1 aliphatic rings. The number of fused-ring (bicyclic) bond motifs is 2. The molecule has 0 atom stereocenters. The minimum absolute atomic E-state index is 0.145. The molecule has 1 aliphatic heterocycles. The van der Waals surface area contributed by atoms with E-state index < -0.39 is 5.91 Å². The summed E-state index contributed by atoms with van der Waals surface area (Å²) in [6.07, 6.45) is 1.35. The summed E-state index contributed by atoms with van der Waals surface area (Å²) in [4.78, 5) is 29.0. The number of aryl methyl sites for hydroxylation is 2. The first kappa shape index (κ1) is 14.3. The van der Waals surface area contributed by atoms with Gasteiger partial charge in [0.15, 0.2) is 11.5 Å². The molecule has 0 unspecified atom stereocenters. The number of furan rings is 1. The quantitative estimate of drug-likeness (QED) is 0.771. The summed E-state index contributed by atoms with van der Waals surface area (Å²) in [6, 6.07) is 5.06. The zero-order valence-corrected chi connectivity index (χ0v) is 13.0. The lowest BCUT2D eigenvalue weighted by atomic mass is 10.1. The van der Waals surface area contributed by atoms with Crippen LogP contribution in [0.15, 0.2) is 33.7 Å². The van der Waals surface area contributed by atoms with Gasteiger partial charge < -0.3 is 23.8 Å². The van der Waals surface area contributed by atoms with Crippen LogP contribution in [0.1, 0.15) is 16.1 Å². The molecular formula is C16H13N3O5. The fourth-order valence-corrected chi connectivity index (χ4v) is 2.63. The Kier molecular flexibility index (Phi) is 3.05. The maximum absolute atomic E-state index is 12.7. The zero-order valence-electron chi connectivity index (χ0n) is 13.0. The SMILES string of the molecule is Cc1oc2ncn(C)c(=O)c2c1C(=O)Nc1ccc2c(c1)OCO2. The first-order valence-corrected chi connectivity index (χ1v) is 7.20. The van der Waals surface area contributed by atoms with Crippen LogP contribution in [0.3, 0.4) is 0 Å². The Morgan fingerprint density at radius 1 is 1.29 bits per heavy atom. The normalized spacial score (nSPS) is 12.6. The minimum Gasteiger partial charge on any atom is -0.454 e. The number of nitrogens with one attached hydrogen (secondary N) is 1. The zero-order chi connectivity index (χ0) is 16.8. The van der Waals surface area contributed by atoms with Crippen molar-refractivity contribution in [1.29, 1.82) is 0 Å². The molecule has 0 spiro atoms. The molecular weight excluding hydrogens is 314 g/mol. The summed E-state index contributed by atoms with van der Waals surface area (Å²) in [5.41, 5.74) is 0.509. The second-order valence-corrected chi connectivity index (χ2v) is 5.40. The number of benzene rings is 1. The van der Waals surface area contributed by atoms with Crippen LogP contribution in [0.4, 0.5) is 5.69 Å². The maximum Gasteiger partial charge on any atom is 0.265 e. The van der Waals surface area contributed by atoms with Gasteiger partial charge in [-0.15, -0.1) is 0 Å². The van der Waals surface area contributed by atoms with Crippen LogP contribution in [0, 0.1) is 6.92 Å². The molecule has 24 heavy (non-hydrogen) atoms. The van der Waals surface area contributed by atoms with Gasteiger partial charge in [0, 0.05) is 18.8 Å². The highest BCUT2D eigenvalue weighted by atomic mass is 16.7. The number of hydrogen-bond acceptors (Lipinski definition) is 6. The summed E-state index contributed by atoms with van der Waals surface area (Å²) >= 11 is 0. The average Bonchev–Trinajstić information content (AvgIpc) is 3.14. The monoisotopic (exact) mass is 327 g/mol. The van der Waals surface area contributed by atoms with Gasteiger partial charge in [-0.05, 0) is 19.1 Å². The number of amides is 1. The predicted octanol–water partition coefficient (Wildman–Crippen LogP) is 1.82. The van der Waals surface area contributed by atoms with Crippen LogP contribution in [0.2, 0.25) is 0 Å². The Morgan fingerprint density at radius 3 is 2.92 bits per heavy atom. The topological polar surface area (TPSA) is 95.6 Å². The molecule has 0 saturated heterocycles. The number of anilines is 1. The molecule has 0 fully saturated rings. The van der Waals surface area contributed by atoms with E-state index in [0.29, 0.717) is 22.9 Å². The molecule has 0 saturated carbocycles. The third-order valence-electron chi connectivity index (χ3n) is 3.81. The first-order valence-electron chi connectivity index (χ1n) is 7.20. The van der Waals surface area contributed by atoms with Crippen molar-refractivity contribution >= 4 is 22.7 Å². The maximum atomic E-state index is 12.7. The fourth-order valence-electron chi connectivity index (χ4n) is 2.63. The van der Waals surface area contributed by atoms with E-state index in [1.165, 1.54) is 10.9 Å². The van der Waals surface area contributed by atoms with Gasteiger partial charge in [0.25, 0.3) is 11.5 Å². The molecule has 4 rings (SSSR count). The van der Waals surface area contributed by atoms with E-state index >= 15 is 0 Å². The Bertz CT molecular complexity index is 1030. The third-order valence-corrected chi connectivity index (χ3v) is 3.81. The van der Waals surface area contributed by atoms with Crippen molar-refractivity contribution in [1.82, 2.24) is 9.55 Å². The molecule has 0 bridgehead atoms. The highest BCUT2D eigenvalue weighted by molar-refractivity contribution is 6.12. The third kappa shape index (κ3) is 2.11. The summed E-state index contributed by atoms with van der Waals surface area (Å²) in [5, 5.41) is 2.91. The van der Waals surface area contributed by atoms with Crippen molar-refractivity contribution in [2.24, 2.45) is 7.05 Å². The number of carbonyl (C=O) groups excluding carboxylic acids is 1. The number of nitrogens with zero attached hydrogens (tertiary/aromatic N) is 2. The van der Waals surface area contributed by atoms with E-state index in [0.717, 1.165) is 0 Å². The van der Waals surface area contributed by atoms with Gasteiger partial charge in [0.1, 0.15) is 17.5 Å². The molecule has 2 aromatic heterocycles. The lowest BCUT2D eigenvalue weighted by molar-refractivity contribution is 0.102. The van der Waals surface area contributed by atoms with Crippen LogP contribution >= 0.6 is 0 Å². The Hall–Kier alpha value is -3.29. The highest BCUT2D eigenvalue weighted by Crippen LogP contribution is 2.34. The lowest BCUT2D eigenvalue weighted by Gasteiger charge is -2.06. The standard InChI is InChI=1S/C16H13N3O5/c1-8-12(13-15(24-8)17-6-19(2)16(13)21)14(20)18-9-3-4-10-11(5-9)23-7-22-10/h3-6H,7H2,1-2H3,(H,18,20). The van der Waals surface area contributed by atoms with Gasteiger partial charge in [0.2, 0.25) is 12.5 Å². The number of hydrogen-bond donors (Lipinski definition) is 1. The fraction of sp³-hybridized carbons (Fsp3) is 0.188. The van der Waals surface area contributed by atoms with Crippen LogP contribution in [-0.2, 0) is 7.05 Å². The summed E-state index contributed by atoms with van der Waals surface area (Å²) in [5.74, 6) is 1.06. The molecule has 1 N–H and O–H groups in total. The van der Waals surface area contributed by atoms with Gasteiger partial charge >= 0.3 is 0 Å². The van der Waals surface area contributed by atoms with Crippen molar-refractivity contribution in [3.8, 4) is 11.5 Å². The summed E-state index contributed by atoms with van der Waals surface area (Å²) in [7, 11) is 1.57. The number of aromatic nitrogens is 2. The minimum atomic E-state index is -0.449. The number of rotatable bonds is 2. The molecule has 8 heteroatoms. The van der Waals surface area contributed by atoms with Crippen LogP contribution in [0.25, 0.3) is 11.1 Å². The van der Waals surface area contributed by atoms with E-state index in [1.54, 1.807) is 32.2 Å². The molecule has 1 aromatic carbocycles. The van der Waals surface area contributed by atoms with Crippen molar-refractivity contribution in [2.45, 2.75) is 6.92 Å². The van der Waals surface area contributed by atoms with E-state index in [-0.39, 0.29) is 29.0 Å². The molecule has 122 valence electrons. The predicted molar refractivity (Wildman–Crippen MR) is 84.5 cm³/mol. The van der Waals surface area contributed by atoms with E-state index in [4.69, 9.17) is 13.9 Å². The van der Waals surface area contributed by atoms with E-state index in [2.05, 4.69) is 10.3 Å². The number of carbonyl (C=O) groups is 1. The van der Waals surface area contributed by atoms with E-state index in [1.807, 2.05) is 0 Å². The summed E-state index contributed by atoms with van der Waals surface area (Å²) in [6.45, 7) is 1.77. The second kappa shape index (κ2) is 5.12. The van der Waals surface area contributed by atoms with Gasteiger partial charge in [0.05, 0.1) is 5.56 Å². The molecule has 1 amide bonds.